The first kappa shape index (κ1) is 23.0. The molecule has 1 aliphatic rings. The smallest absolute Gasteiger partial charge is 0.238 e. The number of rotatable bonds is 7. The second kappa shape index (κ2) is 11.1. The van der Waals surface area contributed by atoms with Gasteiger partial charge in [-0.25, -0.2) is 4.98 Å². The van der Waals surface area contributed by atoms with Crippen molar-refractivity contribution in [3.63, 3.8) is 0 Å². The lowest BCUT2D eigenvalue weighted by Crippen LogP contribution is -2.25. The Bertz CT molecular complexity index is 971. The molecular weight excluding hydrogens is 410 g/mol. The largest absolute Gasteiger partial charge is 0.497 e. The van der Waals surface area contributed by atoms with E-state index >= 15 is 0 Å². The monoisotopic (exact) mass is 439 g/mol. The number of aromatic nitrogens is 1. The minimum atomic E-state index is -0.377. The molecule has 164 valence electrons. The molecule has 31 heavy (non-hydrogen) atoms. The molecule has 1 N–H and O–H groups in total. The molecule has 0 bridgehead atoms. The van der Waals surface area contributed by atoms with E-state index in [1.165, 1.54) is 30.2 Å². The fraction of sp³-hybridized carbons (Fsp3) is 0.458. The molecule has 1 aromatic heterocycles. The molecule has 0 fully saturated rings. The average molecular weight is 440 g/mol. The van der Waals surface area contributed by atoms with E-state index in [2.05, 4.69) is 11.4 Å². The standard InChI is InChI=1S/C24H29N3O3S/c1-4-22(23(28)26-20-12-11-18(29-2)14-21(20)30-3)31-24-17(15-25)13-16-9-7-5-6-8-10-19(16)27-24/h11-14,22H,4-10H2,1-3H3,(H,26,28). The van der Waals surface area contributed by atoms with Crippen LogP contribution in [-0.4, -0.2) is 30.4 Å². The van der Waals surface area contributed by atoms with Crippen molar-refractivity contribution in [2.24, 2.45) is 0 Å². The molecule has 1 heterocycles. The van der Waals surface area contributed by atoms with Gasteiger partial charge < -0.3 is 14.8 Å². The molecule has 6 nitrogen and oxygen atoms in total. The number of nitrogens with one attached hydrogen (secondary N) is 1. The predicted octanol–water partition coefficient (Wildman–Crippen LogP) is 5.14. The van der Waals surface area contributed by atoms with Crippen LogP contribution in [0.1, 0.15) is 55.8 Å². The van der Waals surface area contributed by atoms with Crippen molar-refractivity contribution < 1.29 is 14.3 Å². The molecule has 1 atom stereocenters. The van der Waals surface area contributed by atoms with Crippen LogP contribution in [0.2, 0.25) is 0 Å². The lowest BCUT2D eigenvalue weighted by Gasteiger charge is -2.19. The van der Waals surface area contributed by atoms with Gasteiger partial charge in [0, 0.05) is 11.8 Å². The highest BCUT2D eigenvalue weighted by atomic mass is 32.2. The topological polar surface area (TPSA) is 84.2 Å². The maximum absolute atomic E-state index is 13.0. The van der Waals surface area contributed by atoms with Gasteiger partial charge in [-0.1, -0.05) is 31.5 Å². The van der Waals surface area contributed by atoms with Gasteiger partial charge in [0.25, 0.3) is 0 Å². The van der Waals surface area contributed by atoms with Gasteiger partial charge in [-0.05, 0) is 55.9 Å². The molecule has 0 aliphatic heterocycles. The number of anilines is 1. The van der Waals surface area contributed by atoms with Crippen molar-refractivity contribution in [2.75, 3.05) is 19.5 Å². The van der Waals surface area contributed by atoms with Crippen molar-refractivity contribution in [1.82, 2.24) is 4.98 Å². The summed E-state index contributed by atoms with van der Waals surface area (Å²) in [6.45, 7) is 1.96. The van der Waals surface area contributed by atoms with Crippen LogP contribution in [0.5, 0.6) is 11.5 Å². The zero-order chi connectivity index (χ0) is 22.2. The van der Waals surface area contributed by atoms with E-state index in [1.807, 2.05) is 13.0 Å². The number of benzene rings is 1. The first-order chi connectivity index (χ1) is 15.1. The van der Waals surface area contributed by atoms with E-state index in [0.29, 0.717) is 34.2 Å². The summed E-state index contributed by atoms with van der Waals surface area (Å²) in [5, 5.41) is 12.9. The number of hydrogen-bond acceptors (Lipinski definition) is 6. The molecular formula is C24H29N3O3S. The van der Waals surface area contributed by atoms with Crippen LogP contribution in [0.4, 0.5) is 5.69 Å². The minimum absolute atomic E-state index is 0.145. The third kappa shape index (κ3) is 5.71. The molecule has 3 rings (SSSR count). The number of amides is 1. The van der Waals surface area contributed by atoms with E-state index in [1.54, 1.807) is 32.4 Å². The normalized spacial score (nSPS) is 14.4. The molecule has 0 spiro atoms. The number of hydrogen-bond donors (Lipinski definition) is 1. The number of nitrogens with zero attached hydrogens (tertiary/aromatic N) is 2. The number of methoxy groups -OCH3 is 2. The van der Waals surface area contributed by atoms with E-state index in [-0.39, 0.29) is 11.2 Å². The highest BCUT2D eigenvalue weighted by Crippen LogP contribution is 2.33. The summed E-state index contributed by atoms with van der Waals surface area (Å²) in [7, 11) is 3.14. The van der Waals surface area contributed by atoms with Gasteiger partial charge in [0.05, 0.1) is 30.7 Å². The number of pyridine rings is 1. The minimum Gasteiger partial charge on any atom is -0.497 e. The second-order valence-electron chi connectivity index (χ2n) is 7.54. The molecule has 1 unspecified atom stereocenters. The fourth-order valence-electron chi connectivity index (χ4n) is 3.71. The summed E-state index contributed by atoms with van der Waals surface area (Å²) < 4.78 is 10.6. The first-order valence-corrected chi connectivity index (χ1v) is 11.6. The quantitative estimate of drug-likeness (QED) is 0.602. The van der Waals surface area contributed by atoms with Crippen LogP contribution in [0.3, 0.4) is 0 Å². The lowest BCUT2D eigenvalue weighted by molar-refractivity contribution is -0.115. The van der Waals surface area contributed by atoms with Crippen LogP contribution in [0.15, 0.2) is 29.3 Å². The van der Waals surface area contributed by atoms with Crippen LogP contribution in [0.25, 0.3) is 0 Å². The summed E-state index contributed by atoms with van der Waals surface area (Å²) in [6.07, 6.45) is 7.20. The van der Waals surface area contributed by atoms with Gasteiger partial charge >= 0.3 is 0 Å². The van der Waals surface area contributed by atoms with E-state index in [4.69, 9.17) is 14.5 Å². The average Bonchev–Trinajstić information content (AvgIpc) is 2.78. The first-order valence-electron chi connectivity index (χ1n) is 10.7. The van der Waals surface area contributed by atoms with Gasteiger partial charge in [0.2, 0.25) is 5.91 Å². The third-order valence-electron chi connectivity index (χ3n) is 5.47. The molecule has 7 heteroatoms. The zero-order valence-electron chi connectivity index (χ0n) is 18.4. The summed E-state index contributed by atoms with van der Waals surface area (Å²) in [5.41, 5.74) is 3.39. The van der Waals surface area contributed by atoms with Crippen molar-refractivity contribution in [3.05, 3.63) is 41.1 Å². The number of carbonyl (C=O) groups excluding carboxylic acids is 1. The summed E-state index contributed by atoms with van der Waals surface area (Å²) in [5.74, 6) is 1.04. The Hall–Kier alpha value is -2.72. The molecule has 0 radical (unpaired) electrons. The van der Waals surface area contributed by atoms with Gasteiger partial charge in [-0.15, -0.1) is 0 Å². The number of ether oxygens (including phenoxy) is 2. The highest BCUT2D eigenvalue weighted by molar-refractivity contribution is 8.00. The molecule has 1 amide bonds. The fourth-order valence-corrected chi connectivity index (χ4v) is 4.71. The summed E-state index contributed by atoms with van der Waals surface area (Å²) in [6, 6.07) is 9.53. The second-order valence-corrected chi connectivity index (χ2v) is 8.73. The maximum atomic E-state index is 13.0. The molecule has 0 saturated heterocycles. The van der Waals surface area contributed by atoms with Crippen molar-refractivity contribution in [3.8, 4) is 17.6 Å². The predicted molar refractivity (Wildman–Crippen MR) is 123 cm³/mol. The lowest BCUT2D eigenvalue weighted by atomic mass is 9.96. The maximum Gasteiger partial charge on any atom is 0.238 e. The van der Waals surface area contributed by atoms with Gasteiger partial charge in [-0.3, -0.25) is 4.79 Å². The highest BCUT2D eigenvalue weighted by Gasteiger charge is 2.23. The Balaban J connectivity index is 1.81. The number of nitriles is 1. The SMILES string of the molecule is CCC(Sc1nc2c(cc1C#N)CCCCCC2)C(=O)Nc1ccc(OC)cc1OC. The number of thioether (sulfide) groups is 1. The van der Waals surface area contributed by atoms with Crippen LogP contribution in [0, 0.1) is 11.3 Å². The Kier molecular flexibility index (Phi) is 8.19. The molecule has 1 aliphatic carbocycles. The van der Waals surface area contributed by atoms with Crippen LogP contribution >= 0.6 is 11.8 Å². The van der Waals surface area contributed by atoms with Gasteiger partial charge in [0.1, 0.15) is 22.6 Å². The molecule has 1 aromatic carbocycles. The van der Waals surface area contributed by atoms with Crippen molar-refractivity contribution in [2.45, 2.75) is 62.1 Å². The number of fused-ring (bicyclic) bond motifs is 1. The van der Waals surface area contributed by atoms with Crippen molar-refractivity contribution in [1.29, 1.82) is 5.26 Å². The van der Waals surface area contributed by atoms with E-state index in [9.17, 15) is 10.1 Å². The summed E-state index contributed by atoms with van der Waals surface area (Å²) >= 11 is 1.36. The number of carbonyl (C=O) groups is 1. The Morgan fingerprint density at radius 3 is 2.65 bits per heavy atom. The van der Waals surface area contributed by atoms with Crippen LogP contribution in [-0.2, 0) is 17.6 Å². The Morgan fingerprint density at radius 2 is 1.97 bits per heavy atom. The van der Waals surface area contributed by atoms with E-state index in [0.717, 1.165) is 31.4 Å². The van der Waals surface area contributed by atoms with Crippen molar-refractivity contribution >= 4 is 23.4 Å². The zero-order valence-corrected chi connectivity index (χ0v) is 19.2. The number of aryl methyl sites for hydroxylation is 2. The van der Waals surface area contributed by atoms with Gasteiger partial charge in [0.15, 0.2) is 0 Å². The molecule has 0 saturated carbocycles. The Labute approximate surface area is 188 Å². The van der Waals surface area contributed by atoms with Gasteiger partial charge in [-0.2, -0.15) is 5.26 Å². The molecule has 2 aromatic rings. The Morgan fingerprint density at radius 1 is 1.19 bits per heavy atom. The third-order valence-corrected chi connectivity index (χ3v) is 6.84. The summed E-state index contributed by atoms with van der Waals surface area (Å²) in [4.78, 5) is 17.9. The van der Waals surface area contributed by atoms with E-state index < -0.39 is 0 Å². The van der Waals surface area contributed by atoms with Crippen LogP contribution < -0.4 is 14.8 Å².